The molecular weight excluding hydrogens is 594 g/mol. The monoisotopic (exact) mass is 630 g/mol. The van der Waals surface area contributed by atoms with E-state index in [-0.39, 0.29) is 43.2 Å². The number of aromatic nitrogens is 1. The Labute approximate surface area is 258 Å². The van der Waals surface area contributed by atoms with E-state index in [9.17, 15) is 28.0 Å². The predicted molar refractivity (Wildman–Crippen MR) is 156 cm³/mol. The lowest BCUT2D eigenvalue weighted by Gasteiger charge is -2.41. The molecule has 0 unspecified atom stereocenters. The van der Waals surface area contributed by atoms with Gasteiger partial charge in [0, 0.05) is 57.1 Å². The summed E-state index contributed by atoms with van der Waals surface area (Å²) in [7, 11) is 3.06. The van der Waals surface area contributed by atoms with Crippen LogP contribution >= 0.6 is 0 Å². The van der Waals surface area contributed by atoms with Crippen molar-refractivity contribution in [2.75, 3.05) is 27.4 Å². The third kappa shape index (κ3) is 6.42. The van der Waals surface area contributed by atoms with E-state index in [2.05, 4.69) is 10.5 Å². The highest BCUT2D eigenvalue weighted by Crippen LogP contribution is 2.46. The van der Waals surface area contributed by atoms with Gasteiger partial charge in [0.2, 0.25) is 17.1 Å². The van der Waals surface area contributed by atoms with Gasteiger partial charge in [0.15, 0.2) is 11.3 Å². The highest BCUT2D eigenvalue weighted by Gasteiger charge is 2.55. The molecule has 0 radical (unpaired) electrons. The molecule has 2 aromatic rings. The highest BCUT2D eigenvalue weighted by atomic mass is 19.1. The molecule has 1 fully saturated rings. The van der Waals surface area contributed by atoms with E-state index in [1.54, 1.807) is 12.0 Å². The maximum absolute atomic E-state index is 14.3. The van der Waals surface area contributed by atoms with Gasteiger partial charge < -0.3 is 33.8 Å². The van der Waals surface area contributed by atoms with Crippen LogP contribution in [0, 0.1) is 11.6 Å². The van der Waals surface area contributed by atoms with Gasteiger partial charge in [-0.1, -0.05) is 17.6 Å². The number of oxime groups is 1. The second-order valence-corrected chi connectivity index (χ2v) is 11.5. The average molecular weight is 631 g/mol. The van der Waals surface area contributed by atoms with Crippen molar-refractivity contribution in [3.63, 3.8) is 0 Å². The summed E-state index contributed by atoms with van der Waals surface area (Å²) in [5, 5.41) is 6.58. The molecule has 45 heavy (non-hydrogen) atoms. The minimum atomic E-state index is -0.980. The second-order valence-electron chi connectivity index (χ2n) is 11.5. The van der Waals surface area contributed by atoms with E-state index in [0.29, 0.717) is 44.3 Å². The van der Waals surface area contributed by atoms with Crippen molar-refractivity contribution in [2.24, 2.45) is 5.16 Å². The average Bonchev–Trinajstić information content (AvgIpc) is 3.39. The zero-order valence-electron chi connectivity index (χ0n) is 25.4. The van der Waals surface area contributed by atoms with Crippen molar-refractivity contribution >= 4 is 23.7 Å². The Bertz CT molecular complexity index is 1580. The summed E-state index contributed by atoms with van der Waals surface area (Å²) in [6.45, 7) is 2.24. The molecule has 2 amide bonds. The topological polar surface area (TPSA) is 138 Å². The molecular formula is C31H36F2N4O8. The molecule has 14 heteroatoms. The number of fused-ring (bicyclic) bond motifs is 5. The lowest BCUT2D eigenvalue weighted by atomic mass is 9.85. The van der Waals surface area contributed by atoms with Gasteiger partial charge in [0.25, 0.3) is 11.8 Å². The molecule has 3 atom stereocenters. The summed E-state index contributed by atoms with van der Waals surface area (Å²) in [6.07, 6.45) is 4.40. The van der Waals surface area contributed by atoms with Crippen LogP contribution in [-0.4, -0.2) is 72.2 Å². The molecule has 1 aromatic heterocycles. The minimum absolute atomic E-state index is 0.00550. The molecule has 0 saturated carbocycles. The first-order chi connectivity index (χ1) is 21.6. The molecule has 3 aliphatic heterocycles. The summed E-state index contributed by atoms with van der Waals surface area (Å²) in [5.41, 5.74) is -2.56. The summed E-state index contributed by atoms with van der Waals surface area (Å²) in [4.78, 5) is 61.9. The Morgan fingerprint density at radius 2 is 1.98 bits per heavy atom. The van der Waals surface area contributed by atoms with Crippen molar-refractivity contribution in [1.82, 2.24) is 14.8 Å². The second kappa shape index (κ2) is 13.3. The number of carbonyl (C=O) groups is 3. The van der Waals surface area contributed by atoms with E-state index < -0.39 is 57.8 Å². The first-order valence-electron chi connectivity index (χ1n) is 14.9. The van der Waals surface area contributed by atoms with Gasteiger partial charge in [-0.25, -0.2) is 8.78 Å². The number of ether oxygens (including phenoxy) is 3. The fraction of sp³-hybridized carbons (Fsp3) is 0.516. The van der Waals surface area contributed by atoms with Gasteiger partial charge in [0.05, 0.1) is 19.6 Å². The molecule has 12 nitrogen and oxygen atoms in total. The molecule has 2 bridgehead atoms. The van der Waals surface area contributed by atoms with E-state index in [1.165, 1.54) is 23.9 Å². The SMILES string of the molecule is COCCCCCC(=O)Oc1c2n(cc(C(=O)NCc3ccc(F)cc3F)c1=O)[C@@H]1CN(C2=O)[C@@H](C)CC[C@]12CC(OC)=NO2. The number of carbonyl (C=O) groups excluding carboxylic acids is 3. The number of unbranched alkanes of at least 4 members (excludes halogenated alkanes) is 2. The van der Waals surface area contributed by atoms with Crippen LogP contribution in [0.2, 0.25) is 0 Å². The van der Waals surface area contributed by atoms with Gasteiger partial charge in [-0.2, -0.15) is 0 Å². The van der Waals surface area contributed by atoms with Crippen LogP contribution in [0.3, 0.4) is 0 Å². The van der Waals surface area contributed by atoms with Crippen molar-refractivity contribution in [2.45, 2.75) is 76.1 Å². The fourth-order valence-electron chi connectivity index (χ4n) is 6.07. The van der Waals surface area contributed by atoms with E-state index >= 15 is 0 Å². The lowest BCUT2D eigenvalue weighted by molar-refractivity contribution is -0.134. The largest absolute Gasteiger partial charge is 0.482 e. The van der Waals surface area contributed by atoms with Gasteiger partial charge in [-0.05, 0) is 38.7 Å². The van der Waals surface area contributed by atoms with E-state index in [4.69, 9.17) is 19.0 Å². The normalized spacial score (nSPS) is 21.9. The maximum Gasteiger partial charge on any atom is 0.311 e. The maximum atomic E-state index is 14.3. The van der Waals surface area contributed by atoms with Gasteiger partial charge in [0.1, 0.15) is 17.2 Å². The first-order valence-corrected chi connectivity index (χ1v) is 14.9. The van der Waals surface area contributed by atoms with E-state index in [1.807, 2.05) is 6.92 Å². The Kier molecular flexibility index (Phi) is 9.51. The Balaban J connectivity index is 1.55. The number of esters is 1. The molecule has 5 rings (SSSR count). The molecule has 1 aromatic carbocycles. The fourth-order valence-corrected chi connectivity index (χ4v) is 6.07. The molecule has 3 aliphatic rings. The number of amides is 2. The zero-order chi connectivity index (χ0) is 32.3. The van der Waals surface area contributed by atoms with Crippen molar-refractivity contribution in [1.29, 1.82) is 0 Å². The number of halogens is 2. The standard InChI is InChI=1S/C31H36F2N4O8/c1-18-10-11-31(14-24(43-3)35-45-31)23-17-36(18)30(41)26-28(44-25(38)7-5-4-6-12-42-2)27(39)21(16-37(23)26)29(40)34-15-19-8-9-20(32)13-22(19)33/h8-9,13,16,18,23H,4-7,10-12,14-15,17H2,1-3H3,(H,34,40)/t18-,23+,31-/m0/s1. The van der Waals surface area contributed by atoms with Crippen LogP contribution < -0.4 is 15.5 Å². The van der Waals surface area contributed by atoms with Crippen molar-refractivity contribution in [3.8, 4) is 5.75 Å². The van der Waals surface area contributed by atoms with Gasteiger partial charge in [-0.3, -0.25) is 19.2 Å². The van der Waals surface area contributed by atoms with Crippen LogP contribution in [0.1, 0.15) is 84.3 Å². The Hall–Kier alpha value is -4.33. The summed E-state index contributed by atoms with van der Waals surface area (Å²) < 4.78 is 45.1. The summed E-state index contributed by atoms with van der Waals surface area (Å²) in [6, 6.07) is 2.03. The number of hydrogen-bond donors (Lipinski definition) is 1. The summed E-state index contributed by atoms with van der Waals surface area (Å²) in [5.74, 6) is -4.02. The van der Waals surface area contributed by atoms with Crippen LogP contribution in [0.5, 0.6) is 5.75 Å². The molecule has 1 saturated heterocycles. The van der Waals surface area contributed by atoms with Crippen LogP contribution in [0.4, 0.5) is 8.78 Å². The van der Waals surface area contributed by atoms with Crippen LogP contribution in [0.25, 0.3) is 0 Å². The Morgan fingerprint density at radius 3 is 2.69 bits per heavy atom. The number of benzene rings is 1. The number of hydrogen-bond acceptors (Lipinski definition) is 9. The number of methoxy groups -OCH3 is 2. The molecule has 1 spiro atoms. The van der Waals surface area contributed by atoms with Crippen molar-refractivity contribution in [3.05, 3.63) is 63.1 Å². The summed E-state index contributed by atoms with van der Waals surface area (Å²) >= 11 is 0. The molecule has 1 N–H and O–H groups in total. The molecule has 0 aliphatic carbocycles. The molecule has 4 heterocycles. The third-order valence-corrected chi connectivity index (χ3v) is 8.65. The lowest BCUT2D eigenvalue weighted by Crippen LogP contribution is -2.52. The number of rotatable bonds is 10. The van der Waals surface area contributed by atoms with Crippen LogP contribution in [-0.2, 0) is 25.7 Å². The van der Waals surface area contributed by atoms with E-state index in [0.717, 1.165) is 12.5 Å². The Morgan fingerprint density at radius 1 is 1.18 bits per heavy atom. The van der Waals surface area contributed by atoms with Gasteiger partial charge >= 0.3 is 5.97 Å². The first kappa shape index (κ1) is 32.1. The number of pyridine rings is 1. The highest BCUT2D eigenvalue weighted by molar-refractivity contribution is 6.00. The van der Waals surface area contributed by atoms with Gasteiger partial charge in [-0.15, -0.1) is 0 Å². The van der Waals surface area contributed by atoms with Crippen molar-refractivity contribution < 1.29 is 42.2 Å². The third-order valence-electron chi connectivity index (χ3n) is 8.65. The molecule has 242 valence electrons. The predicted octanol–water partition coefficient (Wildman–Crippen LogP) is 3.47. The minimum Gasteiger partial charge on any atom is -0.482 e. The zero-order valence-corrected chi connectivity index (χ0v) is 25.4. The smallest absolute Gasteiger partial charge is 0.311 e. The number of nitrogens with one attached hydrogen (secondary N) is 1. The number of nitrogens with zero attached hydrogens (tertiary/aromatic N) is 3. The van der Waals surface area contributed by atoms with Crippen LogP contribution in [0.15, 0.2) is 34.3 Å². The quantitative estimate of drug-likeness (QED) is 0.311.